The van der Waals surface area contributed by atoms with E-state index in [0.717, 1.165) is 10.6 Å². The molecule has 1 rings (SSSR count). The summed E-state index contributed by atoms with van der Waals surface area (Å²) in [7, 11) is 1.60. The number of nitrogens with zero attached hydrogens (tertiary/aromatic N) is 1. The van der Waals surface area contributed by atoms with Gasteiger partial charge >= 0.3 is 0 Å². The fourth-order valence-corrected chi connectivity index (χ4v) is 1.96. The summed E-state index contributed by atoms with van der Waals surface area (Å²) in [5.41, 5.74) is 6.53. The summed E-state index contributed by atoms with van der Waals surface area (Å²) in [6.45, 7) is 4.08. The first-order chi connectivity index (χ1) is 6.70. The van der Waals surface area contributed by atoms with Crippen molar-refractivity contribution in [2.45, 2.75) is 0 Å². The van der Waals surface area contributed by atoms with Gasteiger partial charge in [-0.3, -0.25) is 4.90 Å². The molecule has 1 heterocycles. The molecule has 0 spiro atoms. The van der Waals surface area contributed by atoms with Crippen LogP contribution in [0.25, 0.3) is 6.08 Å². The zero-order valence-corrected chi connectivity index (χ0v) is 9.53. The van der Waals surface area contributed by atoms with E-state index in [0.29, 0.717) is 11.8 Å². The lowest BCUT2D eigenvalue weighted by atomic mass is 10.3. The monoisotopic (exact) mass is 228 g/mol. The van der Waals surface area contributed by atoms with Crippen molar-refractivity contribution in [3.05, 3.63) is 22.9 Å². The third kappa shape index (κ3) is 2.31. The van der Waals surface area contributed by atoms with E-state index in [2.05, 4.69) is 6.58 Å². The van der Waals surface area contributed by atoms with E-state index in [9.17, 15) is 0 Å². The minimum absolute atomic E-state index is 0.299. The summed E-state index contributed by atoms with van der Waals surface area (Å²) in [5, 5.41) is 2.26. The molecule has 0 saturated carbocycles. The SMILES string of the molecule is C=Cc1sccc1N(COC)C(N)=S. The number of ether oxygens (including phenoxy) is 1. The van der Waals surface area contributed by atoms with Crippen LogP contribution in [0, 0.1) is 0 Å². The molecule has 0 aliphatic carbocycles. The molecule has 14 heavy (non-hydrogen) atoms. The number of nitrogens with two attached hydrogens (primary N) is 1. The number of methoxy groups -OCH3 is 1. The van der Waals surface area contributed by atoms with Crippen molar-refractivity contribution in [1.82, 2.24) is 0 Å². The Balaban J connectivity index is 2.97. The van der Waals surface area contributed by atoms with Gasteiger partial charge in [0.1, 0.15) is 6.73 Å². The van der Waals surface area contributed by atoms with Crippen LogP contribution in [-0.4, -0.2) is 19.0 Å². The smallest absolute Gasteiger partial charge is 0.172 e. The molecule has 0 unspecified atom stereocenters. The van der Waals surface area contributed by atoms with Gasteiger partial charge in [-0.25, -0.2) is 0 Å². The fraction of sp³-hybridized carbons (Fsp3) is 0.222. The Bertz CT molecular complexity index is 335. The number of hydrogen-bond donors (Lipinski definition) is 1. The summed E-state index contributed by atoms with van der Waals surface area (Å²) in [6.07, 6.45) is 1.78. The zero-order valence-electron chi connectivity index (χ0n) is 7.90. The summed E-state index contributed by atoms with van der Waals surface area (Å²) < 4.78 is 5.02. The first-order valence-corrected chi connectivity index (χ1v) is 5.25. The van der Waals surface area contributed by atoms with Crippen LogP contribution in [0.4, 0.5) is 5.69 Å². The van der Waals surface area contributed by atoms with Crippen molar-refractivity contribution in [1.29, 1.82) is 0 Å². The van der Waals surface area contributed by atoms with Gasteiger partial charge in [0, 0.05) is 7.11 Å². The Kier molecular flexibility index (Phi) is 4.06. The van der Waals surface area contributed by atoms with E-state index >= 15 is 0 Å². The van der Waals surface area contributed by atoms with Crippen molar-refractivity contribution in [3.8, 4) is 0 Å². The topological polar surface area (TPSA) is 38.5 Å². The molecule has 76 valence electrons. The van der Waals surface area contributed by atoms with Gasteiger partial charge in [0.05, 0.1) is 10.6 Å². The maximum atomic E-state index is 5.59. The molecule has 0 aliphatic heterocycles. The third-order valence-electron chi connectivity index (χ3n) is 1.67. The predicted molar refractivity (Wildman–Crippen MR) is 65.6 cm³/mol. The average Bonchev–Trinajstić information content (AvgIpc) is 2.61. The first-order valence-electron chi connectivity index (χ1n) is 3.96. The lowest BCUT2D eigenvalue weighted by Crippen LogP contribution is -2.37. The Morgan fingerprint density at radius 1 is 1.86 bits per heavy atom. The molecule has 2 N–H and O–H groups in total. The van der Waals surface area contributed by atoms with Crippen LogP contribution in [0.1, 0.15) is 4.88 Å². The van der Waals surface area contributed by atoms with Crippen LogP contribution >= 0.6 is 23.6 Å². The molecule has 0 fully saturated rings. The van der Waals surface area contributed by atoms with Gasteiger partial charge in [-0.2, -0.15) is 0 Å². The Morgan fingerprint density at radius 3 is 3.07 bits per heavy atom. The molecule has 5 heteroatoms. The highest BCUT2D eigenvalue weighted by atomic mass is 32.1. The van der Waals surface area contributed by atoms with E-state index in [1.54, 1.807) is 29.4 Å². The number of rotatable bonds is 4. The Labute approximate surface area is 92.8 Å². The quantitative estimate of drug-likeness (QED) is 0.632. The lowest BCUT2D eigenvalue weighted by Gasteiger charge is -2.21. The van der Waals surface area contributed by atoms with E-state index < -0.39 is 0 Å². The molecule has 0 aromatic carbocycles. The van der Waals surface area contributed by atoms with Gasteiger partial charge < -0.3 is 10.5 Å². The van der Waals surface area contributed by atoms with E-state index in [1.807, 2.05) is 11.4 Å². The summed E-state index contributed by atoms with van der Waals surface area (Å²) in [4.78, 5) is 2.76. The molecule has 1 aromatic rings. The van der Waals surface area contributed by atoms with Crippen LogP contribution in [0.15, 0.2) is 18.0 Å². The number of anilines is 1. The Morgan fingerprint density at radius 2 is 2.57 bits per heavy atom. The number of thiophene rings is 1. The molecule has 0 atom stereocenters. The van der Waals surface area contributed by atoms with Crippen LogP contribution in [0.2, 0.25) is 0 Å². The normalized spacial score (nSPS) is 9.79. The predicted octanol–water partition coefficient (Wildman–Crippen LogP) is 2.04. The molecule has 0 aliphatic rings. The van der Waals surface area contributed by atoms with Gasteiger partial charge in [-0.1, -0.05) is 12.7 Å². The zero-order chi connectivity index (χ0) is 10.6. The average molecular weight is 228 g/mol. The second-order valence-corrected chi connectivity index (χ2v) is 3.92. The summed E-state index contributed by atoms with van der Waals surface area (Å²) in [5.74, 6) is 0. The lowest BCUT2D eigenvalue weighted by molar-refractivity contribution is 0.208. The molecule has 0 amide bonds. The van der Waals surface area contributed by atoms with Crippen molar-refractivity contribution >= 4 is 40.4 Å². The summed E-state index contributed by atoms with van der Waals surface area (Å²) in [6, 6.07) is 1.94. The van der Waals surface area contributed by atoms with Crippen molar-refractivity contribution < 1.29 is 4.74 Å². The van der Waals surface area contributed by atoms with Gasteiger partial charge in [-0.05, 0) is 23.7 Å². The number of thiocarbonyl (C=S) groups is 1. The third-order valence-corrected chi connectivity index (χ3v) is 2.80. The summed E-state index contributed by atoms with van der Waals surface area (Å²) >= 11 is 6.52. The van der Waals surface area contributed by atoms with Crippen molar-refractivity contribution in [2.24, 2.45) is 5.73 Å². The molecule has 3 nitrogen and oxygen atoms in total. The Hall–Kier alpha value is -0.910. The van der Waals surface area contributed by atoms with Crippen LogP contribution < -0.4 is 10.6 Å². The molecule has 0 bridgehead atoms. The minimum atomic E-state index is 0.299. The van der Waals surface area contributed by atoms with Gasteiger partial charge in [0.2, 0.25) is 0 Å². The first kappa shape index (κ1) is 11.2. The largest absolute Gasteiger partial charge is 0.376 e. The van der Waals surface area contributed by atoms with Crippen LogP contribution in [0.3, 0.4) is 0 Å². The second kappa shape index (κ2) is 5.09. The maximum absolute atomic E-state index is 5.59. The van der Waals surface area contributed by atoms with Gasteiger partial charge in [-0.15, -0.1) is 11.3 Å². The molecule has 0 radical (unpaired) electrons. The molecule has 0 saturated heterocycles. The van der Waals surface area contributed by atoms with E-state index in [4.69, 9.17) is 22.7 Å². The highest BCUT2D eigenvalue weighted by Gasteiger charge is 2.12. The maximum Gasteiger partial charge on any atom is 0.172 e. The number of hydrogen-bond acceptors (Lipinski definition) is 3. The van der Waals surface area contributed by atoms with E-state index in [1.165, 1.54) is 0 Å². The molecular formula is C9H12N2OS2. The van der Waals surface area contributed by atoms with Crippen molar-refractivity contribution in [3.63, 3.8) is 0 Å². The van der Waals surface area contributed by atoms with Crippen molar-refractivity contribution in [2.75, 3.05) is 18.7 Å². The highest BCUT2D eigenvalue weighted by Crippen LogP contribution is 2.27. The van der Waals surface area contributed by atoms with Crippen LogP contribution in [0.5, 0.6) is 0 Å². The second-order valence-electron chi connectivity index (χ2n) is 2.56. The standard InChI is InChI=1S/C9H12N2OS2/c1-3-8-7(4-5-14-8)11(6-12-2)9(10)13/h3-5H,1,6H2,2H3,(H2,10,13). The molecular weight excluding hydrogens is 216 g/mol. The highest BCUT2D eigenvalue weighted by molar-refractivity contribution is 7.80. The van der Waals surface area contributed by atoms with Gasteiger partial charge in [0.25, 0.3) is 0 Å². The van der Waals surface area contributed by atoms with Crippen LogP contribution in [-0.2, 0) is 4.74 Å². The van der Waals surface area contributed by atoms with Gasteiger partial charge in [0.15, 0.2) is 5.11 Å². The fourth-order valence-electron chi connectivity index (χ4n) is 1.07. The minimum Gasteiger partial charge on any atom is -0.376 e. The molecule has 1 aromatic heterocycles. The van der Waals surface area contributed by atoms with E-state index in [-0.39, 0.29) is 0 Å².